The van der Waals surface area contributed by atoms with Gasteiger partial charge in [0.25, 0.3) is 5.91 Å². The van der Waals surface area contributed by atoms with Crippen molar-refractivity contribution in [1.29, 1.82) is 0 Å². The maximum absolute atomic E-state index is 11.8. The standard InChI is InChI=1S/C11H15N5OS/c1-7-6-18-9(14-7)3-4-13-11(17)10-8(12)5-16(2)15-10/h5-6H,3-4,12H2,1-2H3,(H,13,17). The van der Waals surface area contributed by atoms with E-state index in [0.717, 1.165) is 17.1 Å². The van der Waals surface area contributed by atoms with Gasteiger partial charge in [-0.15, -0.1) is 11.3 Å². The van der Waals surface area contributed by atoms with E-state index in [9.17, 15) is 4.79 Å². The molecule has 0 aromatic carbocycles. The fraction of sp³-hybridized carbons (Fsp3) is 0.364. The quantitative estimate of drug-likeness (QED) is 0.853. The first-order valence-electron chi connectivity index (χ1n) is 5.54. The lowest BCUT2D eigenvalue weighted by Crippen LogP contribution is -2.26. The molecule has 0 saturated heterocycles. The molecule has 2 heterocycles. The molecule has 0 atom stereocenters. The number of nitrogens with two attached hydrogens (primary N) is 1. The minimum absolute atomic E-state index is 0.249. The van der Waals surface area contributed by atoms with Crippen molar-refractivity contribution in [2.45, 2.75) is 13.3 Å². The Kier molecular flexibility index (Phi) is 3.61. The van der Waals surface area contributed by atoms with Crippen LogP contribution in [-0.2, 0) is 13.5 Å². The van der Waals surface area contributed by atoms with Gasteiger partial charge in [-0.3, -0.25) is 9.48 Å². The smallest absolute Gasteiger partial charge is 0.273 e. The zero-order chi connectivity index (χ0) is 13.1. The number of hydrogen-bond acceptors (Lipinski definition) is 5. The Labute approximate surface area is 109 Å². The van der Waals surface area contributed by atoms with E-state index >= 15 is 0 Å². The van der Waals surface area contributed by atoms with Crippen LogP contribution in [0.1, 0.15) is 21.2 Å². The maximum Gasteiger partial charge on any atom is 0.273 e. The first-order valence-corrected chi connectivity index (χ1v) is 6.42. The fourth-order valence-electron chi connectivity index (χ4n) is 1.57. The van der Waals surface area contributed by atoms with Crippen molar-refractivity contribution in [2.75, 3.05) is 12.3 Å². The Bertz CT molecular complexity index is 560. The molecule has 0 aliphatic heterocycles. The Morgan fingerprint density at radius 2 is 2.39 bits per heavy atom. The van der Waals surface area contributed by atoms with Crippen LogP contribution >= 0.6 is 11.3 Å². The molecule has 3 N–H and O–H groups in total. The molecule has 0 unspecified atom stereocenters. The molecule has 0 aliphatic rings. The van der Waals surface area contributed by atoms with Gasteiger partial charge in [0, 0.05) is 37.3 Å². The summed E-state index contributed by atoms with van der Waals surface area (Å²) in [5.41, 5.74) is 7.34. The van der Waals surface area contributed by atoms with E-state index in [1.165, 1.54) is 4.68 Å². The minimum Gasteiger partial charge on any atom is -0.396 e. The van der Waals surface area contributed by atoms with Crippen LogP contribution in [0.5, 0.6) is 0 Å². The zero-order valence-corrected chi connectivity index (χ0v) is 11.1. The van der Waals surface area contributed by atoms with Crippen molar-refractivity contribution < 1.29 is 4.79 Å². The number of carbonyl (C=O) groups excluding carboxylic acids is 1. The number of carbonyl (C=O) groups is 1. The monoisotopic (exact) mass is 265 g/mol. The minimum atomic E-state index is -0.249. The maximum atomic E-state index is 11.8. The van der Waals surface area contributed by atoms with E-state index in [2.05, 4.69) is 15.4 Å². The third kappa shape index (κ3) is 2.86. The van der Waals surface area contributed by atoms with Crippen LogP contribution in [0, 0.1) is 6.92 Å². The van der Waals surface area contributed by atoms with Crippen LogP contribution in [0.15, 0.2) is 11.6 Å². The summed E-state index contributed by atoms with van der Waals surface area (Å²) in [7, 11) is 1.73. The Morgan fingerprint density at radius 1 is 1.61 bits per heavy atom. The van der Waals surface area contributed by atoms with E-state index in [1.54, 1.807) is 24.6 Å². The highest BCUT2D eigenvalue weighted by Crippen LogP contribution is 2.09. The summed E-state index contributed by atoms with van der Waals surface area (Å²) in [5.74, 6) is -0.249. The third-order valence-electron chi connectivity index (χ3n) is 2.36. The summed E-state index contributed by atoms with van der Waals surface area (Å²) in [6.45, 7) is 2.48. The number of thiazole rings is 1. The summed E-state index contributed by atoms with van der Waals surface area (Å²) in [4.78, 5) is 16.1. The van der Waals surface area contributed by atoms with E-state index in [1.807, 2.05) is 12.3 Å². The number of nitrogens with zero attached hydrogens (tertiary/aromatic N) is 3. The molecule has 1 amide bonds. The highest BCUT2D eigenvalue weighted by molar-refractivity contribution is 7.09. The van der Waals surface area contributed by atoms with Gasteiger partial charge in [-0.2, -0.15) is 5.10 Å². The topological polar surface area (TPSA) is 85.8 Å². The molecule has 2 rings (SSSR count). The normalized spacial score (nSPS) is 10.6. The van der Waals surface area contributed by atoms with E-state index in [0.29, 0.717) is 12.2 Å². The van der Waals surface area contributed by atoms with Crippen molar-refractivity contribution in [1.82, 2.24) is 20.1 Å². The molecule has 18 heavy (non-hydrogen) atoms. The molecule has 0 radical (unpaired) electrons. The Morgan fingerprint density at radius 3 is 2.94 bits per heavy atom. The molecule has 0 spiro atoms. The molecule has 0 aliphatic carbocycles. The van der Waals surface area contributed by atoms with Crippen molar-refractivity contribution in [3.8, 4) is 0 Å². The number of aryl methyl sites for hydroxylation is 2. The molecule has 96 valence electrons. The van der Waals surface area contributed by atoms with Gasteiger partial charge in [0.1, 0.15) is 0 Å². The van der Waals surface area contributed by atoms with Crippen molar-refractivity contribution >= 4 is 22.9 Å². The SMILES string of the molecule is Cc1csc(CCNC(=O)c2nn(C)cc2N)n1. The number of nitrogen functional groups attached to an aromatic ring is 1. The molecule has 7 heteroatoms. The first-order chi connectivity index (χ1) is 8.56. The zero-order valence-electron chi connectivity index (χ0n) is 10.3. The number of rotatable bonds is 4. The van der Waals surface area contributed by atoms with E-state index < -0.39 is 0 Å². The van der Waals surface area contributed by atoms with Crippen LogP contribution in [0.3, 0.4) is 0 Å². The van der Waals surface area contributed by atoms with Gasteiger partial charge in [0.15, 0.2) is 5.69 Å². The molecular formula is C11H15N5OS. The van der Waals surface area contributed by atoms with Crippen LogP contribution in [0.2, 0.25) is 0 Å². The van der Waals surface area contributed by atoms with Gasteiger partial charge < -0.3 is 11.1 Å². The van der Waals surface area contributed by atoms with Gasteiger partial charge >= 0.3 is 0 Å². The lowest BCUT2D eigenvalue weighted by molar-refractivity contribution is 0.0949. The van der Waals surface area contributed by atoms with Crippen LogP contribution in [0.4, 0.5) is 5.69 Å². The first kappa shape index (κ1) is 12.6. The lowest BCUT2D eigenvalue weighted by atomic mass is 10.3. The number of anilines is 1. The number of amides is 1. The lowest BCUT2D eigenvalue weighted by Gasteiger charge is -2.01. The molecule has 6 nitrogen and oxygen atoms in total. The number of nitrogens with one attached hydrogen (secondary N) is 1. The van der Waals surface area contributed by atoms with Crippen molar-refractivity contribution in [3.63, 3.8) is 0 Å². The fourth-order valence-corrected chi connectivity index (χ4v) is 2.34. The second-order valence-corrected chi connectivity index (χ2v) is 4.94. The molecule has 2 aromatic rings. The van der Waals surface area contributed by atoms with Crippen molar-refractivity contribution in [2.24, 2.45) is 7.05 Å². The summed E-state index contributed by atoms with van der Waals surface area (Å²) in [5, 5.41) is 9.80. The molecule has 0 bridgehead atoms. The second kappa shape index (κ2) is 5.18. The van der Waals surface area contributed by atoms with Crippen LogP contribution in [-0.4, -0.2) is 27.2 Å². The van der Waals surface area contributed by atoms with Gasteiger partial charge in [-0.25, -0.2) is 4.98 Å². The molecule has 2 aromatic heterocycles. The second-order valence-electron chi connectivity index (χ2n) is 4.00. The number of hydrogen-bond donors (Lipinski definition) is 2. The Balaban J connectivity index is 1.87. The predicted molar refractivity (Wildman–Crippen MR) is 70.5 cm³/mol. The van der Waals surface area contributed by atoms with Gasteiger partial charge in [0.05, 0.1) is 10.7 Å². The van der Waals surface area contributed by atoms with Gasteiger partial charge in [0.2, 0.25) is 0 Å². The summed E-state index contributed by atoms with van der Waals surface area (Å²) < 4.78 is 1.52. The average molecular weight is 265 g/mol. The van der Waals surface area contributed by atoms with Crippen LogP contribution in [0.25, 0.3) is 0 Å². The molecular weight excluding hydrogens is 250 g/mol. The summed E-state index contributed by atoms with van der Waals surface area (Å²) in [6, 6.07) is 0. The van der Waals surface area contributed by atoms with E-state index in [4.69, 9.17) is 5.73 Å². The summed E-state index contributed by atoms with van der Waals surface area (Å²) in [6.07, 6.45) is 2.33. The average Bonchev–Trinajstić information content (AvgIpc) is 2.85. The van der Waals surface area contributed by atoms with Crippen molar-refractivity contribution in [3.05, 3.63) is 28.0 Å². The van der Waals surface area contributed by atoms with Gasteiger partial charge in [-0.05, 0) is 6.92 Å². The molecule has 0 saturated carbocycles. The van der Waals surface area contributed by atoms with Crippen LogP contribution < -0.4 is 11.1 Å². The van der Waals surface area contributed by atoms with E-state index in [-0.39, 0.29) is 11.6 Å². The highest BCUT2D eigenvalue weighted by Gasteiger charge is 2.13. The largest absolute Gasteiger partial charge is 0.396 e. The third-order valence-corrected chi connectivity index (χ3v) is 3.39. The highest BCUT2D eigenvalue weighted by atomic mass is 32.1. The Hall–Kier alpha value is -1.89. The van der Waals surface area contributed by atoms with Gasteiger partial charge in [-0.1, -0.05) is 0 Å². The summed E-state index contributed by atoms with van der Waals surface area (Å²) >= 11 is 1.60. The predicted octanol–water partition coefficient (Wildman–Crippen LogP) is 0.740. The molecule has 0 fully saturated rings. The number of aromatic nitrogens is 3.